The number of rotatable bonds is 4. The number of ether oxygens (including phenoxy) is 3. The smallest absolute Gasteiger partial charge is 0.351 e. The lowest BCUT2D eigenvalue weighted by molar-refractivity contribution is -0.136. The molecule has 0 atom stereocenters. The molecule has 7 nitrogen and oxygen atoms in total. The van der Waals surface area contributed by atoms with Crippen LogP contribution in [0.1, 0.15) is 12.5 Å². The van der Waals surface area contributed by atoms with Crippen LogP contribution in [-0.4, -0.2) is 23.9 Å². The normalized spacial score (nSPS) is 13.4. The predicted octanol–water partition coefficient (Wildman–Crippen LogP) is 3.94. The Hall–Kier alpha value is -5.35. The van der Waals surface area contributed by atoms with Crippen LogP contribution in [0.2, 0.25) is 0 Å². The topological polar surface area (TPSA) is 90.6 Å². The molecule has 1 aromatic heterocycles. The fraction of sp³-hybridized carbons (Fsp3) is 0.0938. The minimum atomic E-state index is -0.802. The first-order valence-electron chi connectivity index (χ1n) is 12.5. The molecule has 190 valence electrons. The monoisotopic (exact) mass is 514 g/mol. The van der Waals surface area contributed by atoms with Gasteiger partial charge in [0.25, 0.3) is 5.56 Å². The zero-order chi connectivity index (χ0) is 26.9. The summed E-state index contributed by atoms with van der Waals surface area (Å²) < 4.78 is 17.8. The molecule has 0 radical (unpaired) electrons. The third kappa shape index (κ3) is 4.09. The molecule has 0 bridgehead atoms. The molecule has 0 unspecified atom stereocenters. The van der Waals surface area contributed by atoms with Crippen molar-refractivity contribution in [2.24, 2.45) is 0 Å². The number of carbonyl (C=O) groups is 1. The fourth-order valence-electron chi connectivity index (χ4n) is 4.97. The average Bonchev–Trinajstić information content (AvgIpc) is 3.44. The second kappa shape index (κ2) is 9.84. The Labute approximate surface area is 223 Å². The van der Waals surface area contributed by atoms with Crippen molar-refractivity contribution >= 4 is 39.2 Å². The third-order valence-corrected chi connectivity index (χ3v) is 6.67. The molecule has 0 saturated carbocycles. The van der Waals surface area contributed by atoms with Gasteiger partial charge in [0.2, 0.25) is 6.79 Å². The maximum Gasteiger partial charge on any atom is 0.351 e. The molecule has 4 aromatic carbocycles. The van der Waals surface area contributed by atoms with E-state index in [2.05, 4.69) is 0 Å². The van der Waals surface area contributed by atoms with Crippen LogP contribution in [0.5, 0.6) is 11.5 Å². The van der Waals surface area contributed by atoms with Crippen molar-refractivity contribution in [2.45, 2.75) is 6.92 Å². The maximum atomic E-state index is 14.2. The zero-order valence-corrected chi connectivity index (χ0v) is 21.0. The largest absolute Gasteiger partial charge is 0.462 e. The van der Waals surface area contributed by atoms with Gasteiger partial charge in [0, 0.05) is 16.0 Å². The van der Waals surface area contributed by atoms with Gasteiger partial charge in [-0.25, -0.2) is 4.79 Å². The van der Waals surface area contributed by atoms with Gasteiger partial charge in [-0.1, -0.05) is 60.7 Å². The number of aromatic nitrogens is 1. The van der Waals surface area contributed by atoms with E-state index in [-0.39, 0.29) is 29.9 Å². The number of benzene rings is 4. The second-order valence-electron chi connectivity index (χ2n) is 8.91. The van der Waals surface area contributed by atoms with Crippen LogP contribution in [0.4, 0.5) is 0 Å². The van der Waals surface area contributed by atoms with E-state index >= 15 is 0 Å². The van der Waals surface area contributed by atoms with Crippen LogP contribution in [0, 0.1) is 11.3 Å². The van der Waals surface area contributed by atoms with Gasteiger partial charge >= 0.3 is 5.97 Å². The summed E-state index contributed by atoms with van der Waals surface area (Å²) in [5.41, 5.74) is 0.683. The molecule has 1 aliphatic rings. The molecule has 6 rings (SSSR count). The lowest BCUT2D eigenvalue weighted by atomic mass is 10.0. The Morgan fingerprint density at radius 1 is 0.949 bits per heavy atom. The Morgan fingerprint density at radius 2 is 1.67 bits per heavy atom. The number of esters is 1. The minimum absolute atomic E-state index is 0.0807. The lowest BCUT2D eigenvalue weighted by Crippen LogP contribution is -2.45. The van der Waals surface area contributed by atoms with Crippen LogP contribution in [-0.2, 0) is 9.53 Å². The SMILES string of the molecule is CCOC(=O)/C(C#N)=c1\c(=C\c2ccc3c(c2)OCO3)c2ccccc2c(=O)n1-c1cccc2ccccc12. The van der Waals surface area contributed by atoms with Crippen molar-refractivity contribution in [3.8, 4) is 23.3 Å². The van der Waals surface area contributed by atoms with E-state index in [1.807, 2.05) is 78.9 Å². The molecule has 39 heavy (non-hydrogen) atoms. The summed E-state index contributed by atoms with van der Waals surface area (Å²) in [5.74, 6) is 0.421. The van der Waals surface area contributed by atoms with E-state index < -0.39 is 5.97 Å². The molecule has 0 aliphatic carbocycles. The molecular weight excluding hydrogens is 492 g/mol. The van der Waals surface area contributed by atoms with E-state index in [0.29, 0.717) is 33.2 Å². The fourth-order valence-corrected chi connectivity index (χ4v) is 4.97. The Kier molecular flexibility index (Phi) is 6.06. The third-order valence-electron chi connectivity index (χ3n) is 6.67. The van der Waals surface area contributed by atoms with Crippen molar-refractivity contribution in [1.82, 2.24) is 4.57 Å². The highest BCUT2D eigenvalue weighted by atomic mass is 16.7. The second-order valence-corrected chi connectivity index (χ2v) is 8.91. The summed E-state index contributed by atoms with van der Waals surface area (Å²) in [4.78, 5) is 27.4. The molecule has 0 fully saturated rings. The summed E-state index contributed by atoms with van der Waals surface area (Å²) in [5, 5.41) is 13.7. The van der Waals surface area contributed by atoms with Crippen LogP contribution in [0.25, 0.3) is 38.9 Å². The van der Waals surface area contributed by atoms with Crippen molar-refractivity contribution in [3.05, 3.63) is 111 Å². The molecule has 0 spiro atoms. The van der Waals surface area contributed by atoms with E-state index in [1.165, 1.54) is 4.57 Å². The van der Waals surface area contributed by atoms with Gasteiger partial charge in [-0.05, 0) is 53.6 Å². The summed E-state index contributed by atoms with van der Waals surface area (Å²) in [7, 11) is 0. The van der Waals surface area contributed by atoms with Gasteiger partial charge in [0.1, 0.15) is 6.07 Å². The van der Waals surface area contributed by atoms with Crippen molar-refractivity contribution in [1.29, 1.82) is 5.26 Å². The van der Waals surface area contributed by atoms with Crippen LogP contribution in [0.15, 0.2) is 89.7 Å². The number of nitriles is 1. The summed E-state index contributed by atoms with van der Waals surface area (Å²) >= 11 is 0. The number of fused-ring (bicyclic) bond motifs is 3. The Bertz CT molecular complexity index is 2010. The van der Waals surface area contributed by atoms with Crippen LogP contribution < -0.4 is 25.6 Å². The Balaban J connectivity index is 1.87. The molecule has 0 amide bonds. The van der Waals surface area contributed by atoms with Gasteiger partial charge < -0.3 is 14.2 Å². The Morgan fingerprint density at radius 3 is 2.46 bits per heavy atom. The number of pyridine rings is 1. The molecular formula is C32H22N2O5. The molecule has 7 heteroatoms. The highest BCUT2D eigenvalue weighted by Gasteiger charge is 2.20. The number of hydrogen-bond donors (Lipinski definition) is 0. The minimum Gasteiger partial charge on any atom is -0.462 e. The quantitative estimate of drug-likeness (QED) is 0.338. The van der Waals surface area contributed by atoms with Crippen molar-refractivity contribution < 1.29 is 19.0 Å². The maximum absolute atomic E-state index is 14.2. The standard InChI is InChI=1S/C32H22N2O5/c1-2-37-32(36)26(18-33)30-25(16-20-14-15-28-29(17-20)39-19-38-28)23-11-5-6-12-24(23)31(35)34(30)27-13-7-9-21-8-3-4-10-22(21)27/h3-17H,2,19H2,1H3/b25-16+,30-26+. The summed E-state index contributed by atoms with van der Waals surface area (Å²) in [6.07, 6.45) is 1.84. The van der Waals surface area contributed by atoms with Gasteiger partial charge in [0.15, 0.2) is 17.1 Å². The van der Waals surface area contributed by atoms with Crippen molar-refractivity contribution in [2.75, 3.05) is 13.4 Å². The van der Waals surface area contributed by atoms with E-state index in [1.54, 1.807) is 25.1 Å². The number of nitrogens with zero attached hydrogens (tertiary/aromatic N) is 2. The highest BCUT2D eigenvalue weighted by Crippen LogP contribution is 2.32. The molecule has 5 aromatic rings. The molecule has 1 aliphatic heterocycles. The van der Waals surface area contributed by atoms with Gasteiger partial charge in [-0.3, -0.25) is 9.36 Å². The first-order chi connectivity index (χ1) is 19.1. The average molecular weight is 515 g/mol. The molecule has 0 saturated heterocycles. The number of hydrogen-bond acceptors (Lipinski definition) is 6. The van der Waals surface area contributed by atoms with E-state index in [0.717, 1.165) is 16.3 Å². The number of carbonyl (C=O) groups excluding carboxylic acids is 1. The van der Waals surface area contributed by atoms with Gasteiger partial charge in [-0.2, -0.15) is 5.26 Å². The van der Waals surface area contributed by atoms with Crippen LogP contribution >= 0.6 is 0 Å². The predicted molar refractivity (Wildman–Crippen MR) is 148 cm³/mol. The van der Waals surface area contributed by atoms with Crippen molar-refractivity contribution in [3.63, 3.8) is 0 Å². The summed E-state index contributed by atoms with van der Waals surface area (Å²) in [6.45, 7) is 1.89. The first-order valence-corrected chi connectivity index (χ1v) is 12.5. The first kappa shape index (κ1) is 24.0. The molecule has 0 N–H and O–H groups in total. The van der Waals surface area contributed by atoms with Gasteiger partial charge in [0.05, 0.1) is 17.6 Å². The van der Waals surface area contributed by atoms with Gasteiger partial charge in [-0.15, -0.1) is 0 Å². The van der Waals surface area contributed by atoms with E-state index in [4.69, 9.17) is 14.2 Å². The highest BCUT2D eigenvalue weighted by molar-refractivity contribution is 6.15. The zero-order valence-electron chi connectivity index (χ0n) is 21.0. The van der Waals surface area contributed by atoms with Crippen LogP contribution in [0.3, 0.4) is 0 Å². The molecule has 2 heterocycles. The van der Waals surface area contributed by atoms with E-state index in [9.17, 15) is 14.9 Å². The lowest BCUT2D eigenvalue weighted by Gasteiger charge is -2.15. The summed E-state index contributed by atoms with van der Waals surface area (Å²) in [6, 6.07) is 28.0.